The van der Waals surface area contributed by atoms with Gasteiger partial charge in [0, 0.05) is 28.5 Å². The third kappa shape index (κ3) is 2.40. The van der Waals surface area contributed by atoms with Crippen LogP contribution in [0.4, 0.5) is 0 Å². The molecule has 2 aromatic carbocycles. The van der Waals surface area contributed by atoms with Crippen molar-refractivity contribution in [3.8, 4) is 17.1 Å². The molecule has 0 aliphatic heterocycles. The average molecular weight is 345 g/mol. The molecule has 4 aromatic rings. The maximum Gasteiger partial charge on any atom is 0.281 e. The predicted octanol–water partition coefficient (Wildman–Crippen LogP) is 3.80. The van der Waals surface area contributed by atoms with Gasteiger partial charge in [-0.1, -0.05) is 24.3 Å². The number of rotatable bonds is 3. The van der Waals surface area contributed by atoms with Crippen molar-refractivity contribution in [1.29, 1.82) is 0 Å². The molecule has 0 radical (unpaired) electrons. The van der Waals surface area contributed by atoms with Gasteiger partial charge in [-0.15, -0.1) is 0 Å². The number of nitrogens with zero attached hydrogens (tertiary/aromatic N) is 3. The van der Waals surface area contributed by atoms with Crippen molar-refractivity contribution in [1.82, 2.24) is 14.3 Å². The van der Waals surface area contributed by atoms with Gasteiger partial charge in [0.1, 0.15) is 5.75 Å². The van der Waals surface area contributed by atoms with E-state index in [1.807, 2.05) is 62.4 Å². The Morgan fingerprint density at radius 3 is 2.38 bits per heavy atom. The molecule has 0 N–H and O–H groups in total. The molecular weight excluding hydrogens is 326 g/mol. The van der Waals surface area contributed by atoms with Crippen LogP contribution in [0.15, 0.2) is 65.6 Å². The van der Waals surface area contributed by atoms with Crippen molar-refractivity contribution in [3.63, 3.8) is 0 Å². The number of fused-ring (bicyclic) bond motifs is 1. The summed E-state index contributed by atoms with van der Waals surface area (Å²) in [4.78, 5) is 13.2. The van der Waals surface area contributed by atoms with Crippen molar-refractivity contribution >= 4 is 10.8 Å². The molecule has 0 unspecified atom stereocenters. The molecule has 26 heavy (non-hydrogen) atoms. The predicted molar refractivity (Wildman–Crippen MR) is 103 cm³/mol. The minimum Gasteiger partial charge on any atom is -0.497 e. The van der Waals surface area contributed by atoms with Crippen molar-refractivity contribution < 1.29 is 4.74 Å². The molecule has 0 saturated carbocycles. The lowest BCUT2D eigenvalue weighted by atomic mass is 10.2. The molecule has 0 spiro atoms. The van der Waals surface area contributed by atoms with E-state index < -0.39 is 0 Å². The van der Waals surface area contributed by atoms with E-state index in [9.17, 15) is 4.79 Å². The second kappa shape index (κ2) is 6.19. The lowest BCUT2D eigenvalue weighted by Gasteiger charge is -2.08. The summed E-state index contributed by atoms with van der Waals surface area (Å²) >= 11 is 0. The van der Waals surface area contributed by atoms with Gasteiger partial charge < -0.3 is 9.30 Å². The van der Waals surface area contributed by atoms with E-state index in [-0.39, 0.29) is 5.56 Å². The van der Waals surface area contributed by atoms with E-state index >= 15 is 0 Å². The van der Waals surface area contributed by atoms with Crippen LogP contribution in [0.3, 0.4) is 0 Å². The highest BCUT2D eigenvalue weighted by atomic mass is 16.5. The Kier molecular flexibility index (Phi) is 3.84. The molecule has 4 rings (SSSR count). The van der Waals surface area contributed by atoms with Crippen LogP contribution in [0.5, 0.6) is 5.75 Å². The first-order chi connectivity index (χ1) is 12.6. The summed E-state index contributed by atoms with van der Waals surface area (Å²) < 4.78 is 8.79. The number of aryl methyl sites for hydroxylation is 2. The third-order valence-corrected chi connectivity index (χ3v) is 4.71. The first-order valence-electron chi connectivity index (χ1n) is 8.41. The smallest absolute Gasteiger partial charge is 0.281 e. The number of para-hydroxylation sites is 1. The number of hydrogen-bond donors (Lipinski definition) is 0. The van der Waals surface area contributed by atoms with Crippen LogP contribution in [0, 0.1) is 13.8 Å². The highest BCUT2D eigenvalue weighted by Crippen LogP contribution is 2.26. The van der Waals surface area contributed by atoms with E-state index in [0.29, 0.717) is 16.8 Å². The molecule has 2 aromatic heterocycles. The number of hydrogen-bond acceptors (Lipinski definition) is 3. The van der Waals surface area contributed by atoms with Gasteiger partial charge >= 0.3 is 0 Å². The standard InChI is InChI=1S/C21H19N3O2/c1-14-19-13-22-24(17-10-7-11-18(12-17)26-3)21(25)20(19)15(2)23(14)16-8-5-4-6-9-16/h4-13H,1-3H3. The minimum absolute atomic E-state index is 0.133. The third-order valence-electron chi connectivity index (χ3n) is 4.71. The van der Waals surface area contributed by atoms with Gasteiger partial charge in [0.05, 0.1) is 24.4 Å². The molecule has 5 heteroatoms. The Bertz CT molecular complexity index is 1160. The van der Waals surface area contributed by atoms with Gasteiger partial charge in [0.15, 0.2) is 0 Å². The van der Waals surface area contributed by atoms with Gasteiger partial charge in [0.25, 0.3) is 5.56 Å². The van der Waals surface area contributed by atoms with E-state index in [4.69, 9.17) is 4.74 Å². The Morgan fingerprint density at radius 1 is 0.923 bits per heavy atom. The quantitative estimate of drug-likeness (QED) is 0.567. The zero-order valence-corrected chi connectivity index (χ0v) is 14.9. The Labute approximate surface area is 151 Å². The second-order valence-electron chi connectivity index (χ2n) is 6.19. The van der Waals surface area contributed by atoms with E-state index in [0.717, 1.165) is 22.5 Å². The van der Waals surface area contributed by atoms with Crippen LogP contribution < -0.4 is 10.3 Å². The Balaban J connectivity index is 1.99. The minimum atomic E-state index is -0.133. The molecule has 0 aliphatic carbocycles. The van der Waals surface area contributed by atoms with E-state index in [1.165, 1.54) is 4.68 Å². The molecule has 0 amide bonds. The van der Waals surface area contributed by atoms with Gasteiger partial charge in [0.2, 0.25) is 0 Å². The highest BCUT2D eigenvalue weighted by Gasteiger charge is 2.17. The maximum absolute atomic E-state index is 13.2. The summed E-state index contributed by atoms with van der Waals surface area (Å²) in [6.07, 6.45) is 1.76. The van der Waals surface area contributed by atoms with Crippen molar-refractivity contribution in [2.45, 2.75) is 13.8 Å². The van der Waals surface area contributed by atoms with Crippen LogP contribution in [0.1, 0.15) is 11.4 Å². The van der Waals surface area contributed by atoms with Crippen LogP contribution in [-0.2, 0) is 0 Å². The lowest BCUT2D eigenvalue weighted by molar-refractivity contribution is 0.414. The molecule has 0 atom stereocenters. The zero-order valence-electron chi connectivity index (χ0n) is 14.9. The highest BCUT2D eigenvalue weighted by molar-refractivity contribution is 5.88. The first-order valence-corrected chi connectivity index (χ1v) is 8.41. The van der Waals surface area contributed by atoms with E-state index in [1.54, 1.807) is 19.4 Å². The van der Waals surface area contributed by atoms with Gasteiger partial charge in [-0.05, 0) is 38.1 Å². The fourth-order valence-corrected chi connectivity index (χ4v) is 3.45. The van der Waals surface area contributed by atoms with Crippen molar-refractivity contribution in [2.24, 2.45) is 0 Å². The average Bonchev–Trinajstić information content (AvgIpc) is 2.94. The summed E-state index contributed by atoms with van der Waals surface area (Å²) in [6.45, 7) is 3.99. The molecule has 0 aliphatic rings. The zero-order chi connectivity index (χ0) is 18.3. The Hall–Kier alpha value is -3.34. The molecule has 0 saturated heterocycles. The van der Waals surface area contributed by atoms with Crippen LogP contribution in [-0.4, -0.2) is 21.5 Å². The number of methoxy groups -OCH3 is 1. The van der Waals surface area contributed by atoms with Crippen molar-refractivity contribution in [2.75, 3.05) is 7.11 Å². The van der Waals surface area contributed by atoms with Crippen LogP contribution in [0.2, 0.25) is 0 Å². The van der Waals surface area contributed by atoms with Gasteiger partial charge in [-0.3, -0.25) is 4.79 Å². The fourth-order valence-electron chi connectivity index (χ4n) is 3.45. The monoisotopic (exact) mass is 345 g/mol. The first kappa shape index (κ1) is 16.1. The summed E-state index contributed by atoms with van der Waals surface area (Å²) in [7, 11) is 1.60. The van der Waals surface area contributed by atoms with E-state index in [2.05, 4.69) is 9.67 Å². The van der Waals surface area contributed by atoms with Gasteiger partial charge in [-0.2, -0.15) is 9.78 Å². The molecule has 5 nitrogen and oxygen atoms in total. The number of aromatic nitrogens is 3. The molecule has 0 fully saturated rings. The Morgan fingerprint density at radius 2 is 1.65 bits per heavy atom. The second-order valence-corrected chi connectivity index (χ2v) is 6.19. The molecule has 0 bridgehead atoms. The largest absolute Gasteiger partial charge is 0.497 e. The topological polar surface area (TPSA) is 49.0 Å². The molecule has 130 valence electrons. The maximum atomic E-state index is 13.2. The molecule has 2 heterocycles. The SMILES string of the molecule is COc1cccc(-n2ncc3c(C)n(-c4ccccc4)c(C)c3c2=O)c1. The van der Waals surface area contributed by atoms with Gasteiger partial charge in [-0.25, -0.2) is 0 Å². The van der Waals surface area contributed by atoms with Crippen LogP contribution in [0.25, 0.3) is 22.1 Å². The lowest BCUT2D eigenvalue weighted by Crippen LogP contribution is -2.21. The normalized spacial score (nSPS) is 11.0. The molecular formula is C21H19N3O2. The number of benzene rings is 2. The summed E-state index contributed by atoms with van der Waals surface area (Å²) in [5.74, 6) is 0.686. The summed E-state index contributed by atoms with van der Waals surface area (Å²) in [5.41, 5.74) is 3.50. The van der Waals surface area contributed by atoms with Crippen LogP contribution >= 0.6 is 0 Å². The van der Waals surface area contributed by atoms with Crippen molar-refractivity contribution in [3.05, 3.63) is 82.5 Å². The fraction of sp³-hybridized carbons (Fsp3) is 0.143. The summed E-state index contributed by atoms with van der Waals surface area (Å²) in [5, 5.41) is 5.95. The summed E-state index contributed by atoms with van der Waals surface area (Å²) in [6, 6.07) is 17.4. The number of ether oxygens (including phenoxy) is 1.